The lowest BCUT2D eigenvalue weighted by atomic mass is 9.97. The molecule has 2 aromatic carbocycles. The minimum atomic E-state index is -0.122. The fraction of sp³-hybridized carbons (Fsp3) is 0.357. The Balaban J connectivity index is 1.67. The van der Waals surface area contributed by atoms with E-state index in [4.69, 9.17) is 21.4 Å². The van der Waals surface area contributed by atoms with Crippen LogP contribution in [0.2, 0.25) is 5.02 Å². The van der Waals surface area contributed by atoms with Crippen LogP contribution < -0.4 is 9.46 Å². The SMILES string of the molecule is CCc1nn(C)c(C)c1-c1cccc2c(CCCOc3cc(C)c(Cl)c(C)c3)c(C(=O)NSC)[nH]c12. The van der Waals surface area contributed by atoms with Crippen molar-refractivity contribution in [3.8, 4) is 16.9 Å². The van der Waals surface area contributed by atoms with Crippen molar-refractivity contribution in [2.24, 2.45) is 7.05 Å². The zero-order valence-corrected chi connectivity index (χ0v) is 23.3. The van der Waals surface area contributed by atoms with Gasteiger partial charge in [0.05, 0.1) is 17.8 Å². The lowest BCUT2D eigenvalue weighted by Crippen LogP contribution is -2.17. The molecular weight excluding hydrogens is 492 g/mol. The molecule has 0 atom stereocenters. The van der Waals surface area contributed by atoms with Crippen LogP contribution in [0.15, 0.2) is 30.3 Å². The van der Waals surface area contributed by atoms with Gasteiger partial charge < -0.3 is 9.72 Å². The number of hydrogen-bond acceptors (Lipinski definition) is 4. The van der Waals surface area contributed by atoms with Crippen LogP contribution in [0.3, 0.4) is 0 Å². The molecule has 0 fully saturated rings. The Morgan fingerprint density at radius 3 is 2.61 bits per heavy atom. The summed E-state index contributed by atoms with van der Waals surface area (Å²) in [7, 11) is 1.97. The summed E-state index contributed by atoms with van der Waals surface area (Å²) < 4.78 is 10.8. The highest BCUT2D eigenvalue weighted by Crippen LogP contribution is 2.36. The van der Waals surface area contributed by atoms with Gasteiger partial charge in [-0.3, -0.25) is 14.2 Å². The smallest absolute Gasteiger partial charge is 0.277 e. The maximum Gasteiger partial charge on any atom is 0.277 e. The largest absolute Gasteiger partial charge is 0.494 e. The van der Waals surface area contributed by atoms with Crippen molar-refractivity contribution in [2.75, 3.05) is 12.9 Å². The summed E-state index contributed by atoms with van der Waals surface area (Å²) in [5.74, 6) is 0.693. The molecular formula is C28H33ClN4O2S. The van der Waals surface area contributed by atoms with Gasteiger partial charge in [0.15, 0.2) is 0 Å². The first-order valence-corrected chi connectivity index (χ1v) is 13.8. The number of benzene rings is 2. The van der Waals surface area contributed by atoms with Crippen molar-refractivity contribution in [3.05, 3.63) is 69.1 Å². The molecule has 0 aliphatic carbocycles. The van der Waals surface area contributed by atoms with E-state index in [1.165, 1.54) is 11.9 Å². The van der Waals surface area contributed by atoms with Gasteiger partial charge in [-0.05, 0) is 68.9 Å². The average molecular weight is 525 g/mol. The maximum absolute atomic E-state index is 13.0. The minimum absolute atomic E-state index is 0.122. The Morgan fingerprint density at radius 1 is 1.22 bits per heavy atom. The second kappa shape index (κ2) is 11.0. The monoisotopic (exact) mass is 524 g/mol. The summed E-state index contributed by atoms with van der Waals surface area (Å²) in [5.41, 5.74) is 8.94. The van der Waals surface area contributed by atoms with E-state index in [0.717, 1.165) is 73.7 Å². The molecule has 1 amide bonds. The van der Waals surface area contributed by atoms with Crippen molar-refractivity contribution in [1.82, 2.24) is 19.5 Å². The van der Waals surface area contributed by atoms with Gasteiger partial charge in [0, 0.05) is 40.5 Å². The van der Waals surface area contributed by atoms with E-state index in [-0.39, 0.29) is 5.91 Å². The van der Waals surface area contributed by atoms with Crippen molar-refractivity contribution in [2.45, 2.75) is 47.0 Å². The van der Waals surface area contributed by atoms with Crippen LogP contribution in [0.25, 0.3) is 22.0 Å². The Kier molecular flexibility index (Phi) is 8.00. The summed E-state index contributed by atoms with van der Waals surface area (Å²) in [6, 6.07) is 10.2. The molecule has 4 aromatic rings. The normalized spacial score (nSPS) is 11.3. The van der Waals surface area contributed by atoms with E-state index in [1.54, 1.807) is 0 Å². The van der Waals surface area contributed by atoms with Gasteiger partial charge in [-0.1, -0.05) is 48.7 Å². The molecule has 36 heavy (non-hydrogen) atoms. The van der Waals surface area contributed by atoms with E-state index in [9.17, 15) is 4.79 Å². The fourth-order valence-corrected chi connectivity index (χ4v) is 5.18. The first-order chi connectivity index (χ1) is 17.3. The molecule has 0 radical (unpaired) electrons. The lowest BCUT2D eigenvalue weighted by molar-refractivity contribution is 0.0979. The number of ether oxygens (including phenoxy) is 1. The standard InChI is InChI=1S/C28H33ClN4O2S/c1-7-23-24(18(4)33(5)31-23)22-11-8-10-20-21(27(30-26(20)22)28(34)32-36-6)12-9-13-35-19-14-16(2)25(29)17(3)15-19/h8,10-11,14-15,30H,7,9,12-13H2,1-6H3,(H,32,34). The van der Waals surface area contributed by atoms with Gasteiger partial charge in [-0.15, -0.1) is 0 Å². The quantitative estimate of drug-likeness (QED) is 0.188. The number of aryl methyl sites for hydroxylation is 5. The summed E-state index contributed by atoms with van der Waals surface area (Å²) >= 11 is 7.59. The lowest BCUT2D eigenvalue weighted by Gasteiger charge is -2.10. The summed E-state index contributed by atoms with van der Waals surface area (Å²) in [5, 5.41) is 6.54. The Hall–Kier alpha value is -2.90. The number of carbonyl (C=O) groups is 1. The number of fused-ring (bicyclic) bond motifs is 1. The predicted molar refractivity (Wildman–Crippen MR) is 150 cm³/mol. The van der Waals surface area contributed by atoms with Crippen molar-refractivity contribution in [3.63, 3.8) is 0 Å². The first kappa shape index (κ1) is 26.2. The molecule has 0 bridgehead atoms. The molecule has 6 nitrogen and oxygen atoms in total. The number of hydrogen-bond donors (Lipinski definition) is 2. The number of aromatic nitrogens is 3. The van der Waals surface area contributed by atoms with Crippen molar-refractivity contribution < 1.29 is 9.53 Å². The number of amides is 1. The molecule has 2 aromatic heterocycles. The van der Waals surface area contributed by atoms with Crippen LogP contribution in [0.1, 0.15) is 51.9 Å². The second-order valence-electron chi connectivity index (χ2n) is 9.05. The Morgan fingerprint density at radius 2 is 1.94 bits per heavy atom. The van der Waals surface area contributed by atoms with Crippen molar-refractivity contribution in [1.29, 1.82) is 0 Å². The van der Waals surface area contributed by atoms with Gasteiger partial charge in [-0.2, -0.15) is 5.10 Å². The molecule has 0 saturated carbocycles. The number of carbonyl (C=O) groups excluding carboxylic acids is 1. The maximum atomic E-state index is 13.0. The molecule has 0 aliphatic heterocycles. The van der Waals surface area contributed by atoms with E-state index in [1.807, 2.05) is 44.0 Å². The van der Waals surface area contributed by atoms with Crippen molar-refractivity contribution >= 4 is 40.4 Å². The topological polar surface area (TPSA) is 71.9 Å². The number of nitrogens with zero attached hydrogens (tertiary/aromatic N) is 2. The Bertz CT molecular complexity index is 1400. The predicted octanol–water partition coefficient (Wildman–Crippen LogP) is 6.73. The van der Waals surface area contributed by atoms with Crippen LogP contribution in [-0.2, 0) is 19.9 Å². The third kappa shape index (κ3) is 5.00. The molecule has 0 aliphatic rings. The van der Waals surface area contributed by atoms with E-state index < -0.39 is 0 Å². The van der Waals surface area contributed by atoms with Gasteiger partial charge >= 0.3 is 0 Å². The third-order valence-corrected chi connectivity index (χ3v) is 7.61. The molecule has 2 N–H and O–H groups in total. The van der Waals surface area contributed by atoms with Crippen LogP contribution in [0.5, 0.6) is 5.75 Å². The average Bonchev–Trinajstić information content (AvgIpc) is 3.37. The van der Waals surface area contributed by atoms with E-state index in [0.29, 0.717) is 18.7 Å². The summed E-state index contributed by atoms with van der Waals surface area (Å²) in [6.45, 7) is 8.71. The minimum Gasteiger partial charge on any atom is -0.494 e. The Labute approximate surface area is 221 Å². The van der Waals surface area contributed by atoms with Gasteiger partial charge in [-0.25, -0.2) is 0 Å². The van der Waals surface area contributed by atoms with E-state index in [2.05, 4.69) is 41.8 Å². The number of nitrogens with one attached hydrogen (secondary N) is 2. The molecule has 0 spiro atoms. The highest BCUT2D eigenvalue weighted by Gasteiger charge is 2.22. The summed E-state index contributed by atoms with van der Waals surface area (Å²) in [4.78, 5) is 16.5. The molecule has 4 rings (SSSR count). The number of aromatic amines is 1. The van der Waals surface area contributed by atoms with Gasteiger partial charge in [0.2, 0.25) is 0 Å². The number of para-hydroxylation sites is 1. The molecule has 0 unspecified atom stereocenters. The fourth-order valence-electron chi connectivity index (χ4n) is 4.78. The first-order valence-electron chi connectivity index (χ1n) is 12.2. The van der Waals surface area contributed by atoms with Crippen LogP contribution in [0.4, 0.5) is 0 Å². The highest BCUT2D eigenvalue weighted by atomic mass is 35.5. The third-order valence-electron chi connectivity index (χ3n) is 6.62. The zero-order valence-electron chi connectivity index (χ0n) is 21.7. The highest BCUT2D eigenvalue weighted by molar-refractivity contribution is 7.97. The summed E-state index contributed by atoms with van der Waals surface area (Å²) in [6.07, 6.45) is 4.16. The van der Waals surface area contributed by atoms with Gasteiger partial charge in [0.1, 0.15) is 11.4 Å². The molecule has 190 valence electrons. The number of halogens is 1. The molecule has 0 saturated heterocycles. The van der Waals surface area contributed by atoms with E-state index >= 15 is 0 Å². The molecule has 2 heterocycles. The second-order valence-corrected chi connectivity index (χ2v) is 10.0. The van der Waals surface area contributed by atoms with Crippen LogP contribution >= 0.6 is 23.5 Å². The van der Waals surface area contributed by atoms with Gasteiger partial charge in [0.25, 0.3) is 5.91 Å². The van der Waals surface area contributed by atoms with Crippen LogP contribution in [-0.4, -0.2) is 33.5 Å². The number of H-pyrrole nitrogens is 1. The molecule has 8 heteroatoms. The zero-order chi connectivity index (χ0) is 26.0. The van der Waals surface area contributed by atoms with Crippen LogP contribution in [0, 0.1) is 20.8 Å². The number of rotatable bonds is 9.